The number of carboxylic acids is 1. The minimum absolute atomic E-state index is 0.0628. The van der Waals surface area contributed by atoms with Gasteiger partial charge in [0.05, 0.1) is 5.56 Å². The van der Waals surface area contributed by atoms with E-state index in [2.05, 4.69) is 31.0 Å². The Kier molecular flexibility index (Phi) is 4.34. The molecule has 1 amide bonds. The quantitative estimate of drug-likeness (QED) is 0.938. The zero-order valence-corrected chi connectivity index (χ0v) is 13.8. The molecule has 1 aromatic heterocycles. The number of fused-ring (bicyclic) bond motifs is 1. The standard InChI is InChI=1S/C19H20N2O3/c1-12(2)13-6-8-17-14(10-13)4-3-9-21(17)18(22)15-5-7-16(19(23)24)20-11-15/h5-8,10-12H,3-4,9H2,1-2H3,(H,23,24). The molecule has 0 bridgehead atoms. The number of benzene rings is 1. The number of carbonyl (C=O) groups excluding carboxylic acids is 1. The zero-order valence-electron chi connectivity index (χ0n) is 13.8. The van der Waals surface area contributed by atoms with Gasteiger partial charge in [0.25, 0.3) is 5.91 Å². The number of carboxylic acid groups (broad SMARTS) is 1. The maximum Gasteiger partial charge on any atom is 0.354 e. The fourth-order valence-electron chi connectivity index (χ4n) is 2.99. The summed E-state index contributed by atoms with van der Waals surface area (Å²) in [6.45, 7) is 4.97. The maximum atomic E-state index is 12.8. The molecule has 0 saturated carbocycles. The van der Waals surface area contributed by atoms with E-state index in [1.165, 1.54) is 29.5 Å². The summed E-state index contributed by atoms with van der Waals surface area (Å²) in [6.07, 6.45) is 3.22. The lowest BCUT2D eigenvalue weighted by Gasteiger charge is -2.30. The molecule has 1 aliphatic rings. The Morgan fingerprint density at radius 1 is 1.21 bits per heavy atom. The molecular formula is C19H20N2O3. The molecule has 0 atom stereocenters. The Balaban J connectivity index is 1.91. The Morgan fingerprint density at radius 2 is 2.00 bits per heavy atom. The van der Waals surface area contributed by atoms with E-state index in [1.54, 1.807) is 4.90 Å². The van der Waals surface area contributed by atoms with Gasteiger partial charge in [0, 0.05) is 18.4 Å². The van der Waals surface area contributed by atoms with E-state index in [9.17, 15) is 9.59 Å². The van der Waals surface area contributed by atoms with Crippen LogP contribution >= 0.6 is 0 Å². The highest BCUT2D eigenvalue weighted by Crippen LogP contribution is 2.31. The number of aryl methyl sites for hydroxylation is 1. The van der Waals surface area contributed by atoms with Crippen LogP contribution in [0.5, 0.6) is 0 Å². The second-order valence-electron chi connectivity index (χ2n) is 6.34. The minimum Gasteiger partial charge on any atom is -0.477 e. The van der Waals surface area contributed by atoms with Gasteiger partial charge in [0.1, 0.15) is 5.69 Å². The largest absolute Gasteiger partial charge is 0.477 e. The molecule has 5 nitrogen and oxygen atoms in total. The van der Waals surface area contributed by atoms with Crippen LogP contribution in [0.4, 0.5) is 5.69 Å². The number of pyridine rings is 1. The number of hydrogen-bond donors (Lipinski definition) is 1. The van der Waals surface area contributed by atoms with Crippen LogP contribution in [-0.4, -0.2) is 28.5 Å². The maximum absolute atomic E-state index is 12.8. The summed E-state index contributed by atoms with van der Waals surface area (Å²) >= 11 is 0. The third kappa shape index (κ3) is 3.02. The second kappa shape index (κ2) is 6.43. The second-order valence-corrected chi connectivity index (χ2v) is 6.34. The first kappa shape index (κ1) is 16.2. The van der Waals surface area contributed by atoms with Crippen molar-refractivity contribution < 1.29 is 14.7 Å². The fourth-order valence-corrected chi connectivity index (χ4v) is 2.99. The summed E-state index contributed by atoms with van der Waals surface area (Å²) in [6, 6.07) is 9.16. The Bertz CT molecular complexity index is 782. The van der Waals surface area contributed by atoms with E-state index in [1.807, 2.05) is 6.07 Å². The van der Waals surface area contributed by atoms with Gasteiger partial charge in [-0.1, -0.05) is 26.0 Å². The van der Waals surface area contributed by atoms with Crippen molar-refractivity contribution >= 4 is 17.6 Å². The lowest BCUT2D eigenvalue weighted by atomic mass is 9.94. The molecule has 1 aromatic carbocycles. The predicted molar refractivity (Wildman–Crippen MR) is 91.7 cm³/mol. The summed E-state index contributed by atoms with van der Waals surface area (Å²) in [5, 5.41) is 8.91. The molecule has 1 aliphatic heterocycles. The third-order valence-corrected chi connectivity index (χ3v) is 4.36. The fraction of sp³-hybridized carbons (Fsp3) is 0.316. The van der Waals surface area contributed by atoms with Gasteiger partial charge in [-0.25, -0.2) is 9.78 Å². The highest BCUT2D eigenvalue weighted by Gasteiger charge is 2.24. The average molecular weight is 324 g/mol. The van der Waals surface area contributed by atoms with Gasteiger partial charge >= 0.3 is 5.97 Å². The number of carbonyl (C=O) groups is 2. The molecule has 1 N–H and O–H groups in total. The molecule has 3 rings (SSSR count). The summed E-state index contributed by atoms with van der Waals surface area (Å²) in [7, 11) is 0. The SMILES string of the molecule is CC(C)c1ccc2c(c1)CCCN2C(=O)c1ccc(C(=O)O)nc1. The van der Waals surface area contributed by atoms with Crippen LogP contribution in [0.2, 0.25) is 0 Å². The van der Waals surface area contributed by atoms with Crippen LogP contribution in [0.3, 0.4) is 0 Å². The minimum atomic E-state index is -1.10. The molecule has 0 unspecified atom stereocenters. The van der Waals surface area contributed by atoms with Gasteiger partial charge in [-0.2, -0.15) is 0 Å². The molecule has 2 heterocycles. The first-order valence-corrected chi connectivity index (χ1v) is 8.11. The molecule has 24 heavy (non-hydrogen) atoms. The summed E-state index contributed by atoms with van der Waals surface area (Å²) in [5.74, 6) is -0.787. The normalized spacial score (nSPS) is 13.7. The van der Waals surface area contributed by atoms with Crippen LogP contribution in [-0.2, 0) is 6.42 Å². The summed E-state index contributed by atoms with van der Waals surface area (Å²) in [5.41, 5.74) is 3.75. The van der Waals surface area contributed by atoms with E-state index in [0.717, 1.165) is 18.5 Å². The third-order valence-electron chi connectivity index (χ3n) is 4.36. The van der Waals surface area contributed by atoms with Crippen molar-refractivity contribution in [3.05, 3.63) is 58.9 Å². The van der Waals surface area contributed by atoms with Crippen molar-refractivity contribution in [3.63, 3.8) is 0 Å². The van der Waals surface area contributed by atoms with Crippen LogP contribution in [0.25, 0.3) is 0 Å². The molecule has 2 aromatic rings. The van der Waals surface area contributed by atoms with E-state index >= 15 is 0 Å². The average Bonchev–Trinajstić information content (AvgIpc) is 2.60. The highest BCUT2D eigenvalue weighted by molar-refractivity contribution is 6.06. The van der Waals surface area contributed by atoms with Gasteiger partial charge in [-0.15, -0.1) is 0 Å². The molecular weight excluding hydrogens is 304 g/mol. The van der Waals surface area contributed by atoms with Crippen molar-refractivity contribution in [1.29, 1.82) is 0 Å². The van der Waals surface area contributed by atoms with E-state index < -0.39 is 5.97 Å². The van der Waals surface area contributed by atoms with Gasteiger partial charge in [-0.3, -0.25) is 4.79 Å². The number of nitrogens with zero attached hydrogens (tertiary/aromatic N) is 2. The number of amides is 1. The van der Waals surface area contributed by atoms with Crippen LogP contribution in [0.1, 0.15) is 58.2 Å². The van der Waals surface area contributed by atoms with Gasteiger partial charge in [0.15, 0.2) is 0 Å². The predicted octanol–water partition coefficient (Wildman–Crippen LogP) is 3.50. The van der Waals surface area contributed by atoms with Gasteiger partial charge in [-0.05, 0) is 48.1 Å². The van der Waals surface area contributed by atoms with Crippen molar-refractivity contribution in [2.45, 2.75) is 32.6 Å². The topological polar surface area (TPSA) is 70.5 Å². The molecule has 0 aliphatic carbocycles. The van der Waals surface area contributed by atoms with E-state index in [4.69, 9.17) is 5.11 Å². The molecule has 0 fully saturated rings. The van der Waals surface area contributed by atoms with Crippen molar-refractivity contribution in [1.82, 2.24) is 4.98 Å². The lowest BCUT2D eigenvalue weighted by Crippen LogP contribution is -2.35. The van der Waals surface area contributed by atoms with Crippen molar-refractivity contribution in [3.8, 4) is 0 Å². The number of rotatable bonds is 3. The first-order chi connectivity index (χ1) is 11.5. The van der Waals surface area contributed by atoms with Crippen LogP contribution < -0.4 is 4.90 Å². The summed E-state index contributed by atoms with van der Waals surface area (Å²) in [4.78, 5) is 29.3. The van der Waals surface area contributed by atoms with Gasteiger partial charge in [0.2, 0.25) is 0 Å². The molecule has 0 saturated heterocycles. The molecule has 0 radical (unpaired) electrons. The number of anilines is 1. The Hall–Kier alpha value is -2.69. The van der Waals surface area contributed by atoms with E-state index in [0.29, 0.717) is 18.0 Å². The number of hydrogen-bond acceptors (Lipinski definition) is 3. The van der Waals surface area contributed by atoms with Gasteiger partial charge < -0.3 is 10.0 Å². The molecule has 124 valence electrons. The molecule has 0 spiro atoms. The summed E-state index contributed by atoms with van der Waals surface area (Å²) < 4.78 is 0. The highest BCUT2D eigenvalue weighted by atomic mass is 16.4. The Labute approximate surface area is 140 Å². The van der Waals surface area contributed by atoms with Crippen LogP contribution in [0, 0.1) is 0 Å². The smallest absolute Gasteiger partial charge is 0.354 e. The van der Waals surface area contributed by atoms with Crippen LogP contribution in [0.15, 0.2) is 36.5 Å². The number of aromatic carboxylic acids is 1. The Morgan fingerprint density at radius 3 is 2.62 bits per heavy atom. The monoisotopic (exact) mass is 324 g/mol. The molecule has 5 heteroatoms. The number of aromatic nitrogens is 1. The lowest BCUT2D eigenvalue weighted by molar-refractivity contribution is 0.0690. The van der Waals surface area contributed by atoms with E-state index in [-0.39, 0.29) is 11.6 Å². The van der Waals surface area contributed by atoms with Crippen molar-refractivity contribution in [2.75, 3.05) is 11.4 Å². The zero-order chi connectivity index (χ0) is 17.3. The first-order valence-electron chi connectivity index (χ1n) is 8.11. The van der Waals surface area contributed by atoms with Crippen molar-refractivity contribution in [2.24, 2.45) is 0 Å².